The van der Waals surface area contributed by atoms with Crippen LogP contribution in [0.1, 0.15) is 32.8 Å². The number of nitrogens with two attached hydrogens (primary N) is 1. The number of nitrogen functional groups attached to an aromatic ring is 1. The second kappa shape index (κ2) is 4.38. The Hall–Kier alpha value is -1.81. The number of anilines is 1. The molecule has 3 nitrogen and oxygen atoms in total. The highest BCUT2D eigenvalue weighted by molar-refractivity contribution is 7.16. The van der Waals surface area contributed by atoms with E-state index in [0.29, 0.717) is 5.00 Å². The summed E-state index contributed by atoms with van der Waals surface area (Å²) >= 11 is 1.35. The first kappa shape index (κ1) is 12.2. The van der Waals surface area contributed by atoms with Crippen molar-refractivity contribution in [3.05, 3.63) is 39.8 Å². The molecule has 0 aliphatic heterocycles. The number of carbonyl (C=O) groups is 1. The summed E-state index contributed by atoms with van der Waals surface area (Å²) in [6.07, 6.45) is 3.41. The Bertz CT molecular complexity index is 673. The van der Waals surface area contributed by atoms with Gasteiger partial charge in [0.1, 0.15) is 10.6 Å². The Morgan fingerprint density at radius 3 is 2.79 bits per heavy atom. The number of carboxylic acid groups (broad SMARTS) is 1. The van der Waals surface area contributed by atoms with E-state index >= 15 is 0 Å². The molecular weight excluding hydrogens is 258 g/mol. The van der Waals surface area contributed by atoms with Gasteiger partial charge in [-0.15, -0.1) is 11.3 Å². The second-order valence-electron chi connectivity index (χ2n) is 4.91. The highest BCUT2D eigenvalue weighted by Gasteiger charge is 2.22. The third-order valence-electron chi connectivity index (χ3n) is 3.71. The maximum absolute atomic E-state index is 11.4. The lowest BCUT2D eigenvalue weighted by atomic mass is 9.98. The number of rotatable bonds is 2. The summed E-state index contributed by atoms with van der Waals surface area (Å²) in [5.41, 5.74) is 10.6. The molecular formula is C15H15NO2S. The van der Waals surface area contributed by atoms with Gasteiger partial charge in [0.05, 0.1) is 0 Å². The van der Waals surface area contributed by atoms with Crippen LogP contribution >= 0.6 is 11.3 Å². The van der Waals surface area contributed by atoms with E-state index < -0.39 is 5.97 Å². The topological polar surface area (TPSA) is 63.3 Å². The van der Waals surface area contributed by atoms with Crippen molar-refractivity contribution in [3.63, 3.8) is 0 Å². The Morgan fingerprint density at radius 2 is 2.05 bits per heavy atom. The molecule has 3 N–H and O–H groups in total. The number of benzene rings is 1. The zero-order valence-corrected chi connectivity index (χ0v) is 11.5. The third kappa shape index (κ3) is 1.92. The van der Waals surface area contributed by atoms with Gasteiger partial charge in [0, 0.05) is 10.4 Å². The molecule has 0 unspecified atom stereocenters. The molecule has 1 aromatic carbocycles. The van der Waals surface area contributed by atoms with E-state index in [1.54, 1.807) is 0 Å². The van der Waals surface area contributed by atoms with Crippen LogP contribution in [0.2, 0.25) is 0 Å². The lowest BCUT2D eigenvalue weighted by Gasteiger charge is -2.06. The van der Waals surface area contributed by atoms with Crippen LogP contribution in [0.4, 0.5) is 5.00 Å². The fraction of sp³-hybridized carbons (Fsp3) is 0.267. The maximum Gasteiger partial charge on any atom is 0.339 e. The van der Waals surface area contributed by atoms with E-state index in [4.69, 9.17) is 5.73 Å². The quantitative estimate of drug-likeness (QED) is 0.880. The van der Waals surface area contributed by atoms with Gasteiger partial charge in [0.15, 0.2) is 0 Å². The van der Waals surface area contributed by atoms with Gasteiger partial charge in [-0.3, -0.25) is 0 Å². The molecule has 1 aromatic heterocycles. The molecule has 3 rings (SSSR count). The third-order valence-corrected chi connectivity index (χ3v) is 4.65. The fourth-order valence-electron chi connectivity index (χ4n) is 2.85. The van der Waals surface area contributed by atoms with Crippen molar-refractivity contribution in [3.8, 4) is 11.1 Å². The number of fused-ring (bicyclic) bond motifs is 1. The van der Waals surface area contributed by atoms with Crippen LogP contribution in [0.3, 0.4) is 0 Å². The smallest absolute Gasteiger partial charge is 0.339 e. The standard InChI is InChI=1S/C15H15NO2S/c1-8-12(13(15(17)18)14(16)19-8)11-6-5-9-3-2-4-10(9)7-11/h5-7H,2-4,16H2,1H3,(H,17,18). The zero-order valence-electron chi connectivity index (χ0n) is 10.7. The van der Waals surface area contributed by atoms with E-state index in [1.165, 1.54) is 28.9 Å². The monoisotopic (exact) mass is 273 g/mol. The number of hydrogen-bond acceptors (Lipinski definition) is 3. The fourth-order valence-corrected chi connectivity index (χ4v) is 3.80. The van der Waals surface area contributed by atoms with Crippen molar-refractivity contribution < 1.29 is 9.90 Å². The van der Waals surface area contributed by atoms with Crippen molar-refractivity contribution in [1.82, 2.24) is 0 Å². The number of aryl methyl sites for hydroxylation is 3. The van der Waals surface area contributed by atoms with Gasteiger partial charge in [0.2, 0.25) is 0 Å². The Labute approximate surface area is 115 Å². The van der Waals surface area contributed by atoms with Gasteiger partial charge in [-0.05, 0) is 42.9 Å². The molecule has 1 aliphatic rings. The normalized spacial score (nSPS) is 13.5. The van der Waals surface area contributed by atoms with E-state index in [0.717, 1.165) is 28.8 Å². The minimum Gasteiger partial charge on any atom is -0.478 e. The van der Waals surface area contributed by atoms with Crippen LogP contribution in [-0.2, 0) is 12.8 Å². The number of thiophene rings is 1. The molecule has 0 fully saturated rings. The first-order valence-corrected chi connectivity index (χ1v) is 7.14. The Balaban J connectivity index is 2.19. The van der Waals surface area contributed by atoms with Crippen LogP contribution in [0.15, 0.2) is 18.2 Å². The highest BCUT2D eigenvalue weighted by Crippen LogP contribution is 2.39. The SMILES string of the molecule is Cc1sc(N)c(C(=O)O)c1-c1ccc2c(c1)CCC2. The van der Waals surface area contributed by atoms with Gasteiger partial charge >= 0.3 is 5.97 Å². The maximum atomic E-state index is 11.4. The van der Waals surface area contributed by atoms with Gasteiger partial charge in [-0.2, -0.15) is 0 Å². The molecule has 0 radical (unpaired) electrons. The summed E-state index contributed by atoms with van der Waals surface area (Å²) in [7, 11) is 0. The van der Waals surface area contributed by atoms with Gasteiger partial charge in [0.25, 0.3) is 0 Å². The van der Waals surface area contributed by atoms with Crippen molar-refractivity contribution in [2.45, 2.75) is 26.2 Å². The minimum atomic E-state index is -0.947. The van der Waals surface area contributed by atoms with Crippen LogP contribution in [0.5, 0.6) is 0 Å². The first-order valence-electron chi connectivity index (χ1n) is 6.32. The molecule has 4 heteroatoms. The molecule has 1 aliphatic carbocycles. The summed E-state index contributed by atoms with van der Waals surface area (Å²) in [6, 6.07) is 6.27. The van der Waals surface area contributed by atoms with Gasteiger partial charge in [-0.1, -0.05) is 18.2 Å². The van der Waals surface area contributed by atoms with Crippen molar-refractivity contribution in [2.24, 2.45) is 0 Å². The molecule has 0 bridgehead atoms. The number of hydrogen-bond donors (Lipinski definition) is 2. The minimum absolute atomic E-state index is 0.250. The lowest BCUT2D eigenvalue weighted by Crippen LogP contribution is -2.01. The molecule has 0 spiro atoms. The predicted octanol–water partition coefficient (Wildman–Crippen LogP) is 3.49. The van der Waals surface area contributed by atoms with Crippen molar-refractivity contribution >= 4 is 22.3 Å². The average Bonchev–Trinajstić information content (AvgIpc) is 2.91. The summed E-state index contributed by atoms with van der Waals surface area (Å²) in [5, 5.41) is 9.73. The highest BCUT2D eigenvalue weighted by atomic mass is 32.1. The molecule has 0 saturated heterocycles. The average molecular weight is 273 g/mol. The van der Waals surface area contributed by atoms with Crippen LogP contribution in [-0.4, -0.2) is 11.1 Å². The summed E-state index contributed by atoms with van der Waals surface area (Å²) in [5.74, 6) is -0.947. The summed E-state index contributed by atoms with van der Waals surface area (Å²) < 4.78 is 0. The lowest BCUT2D eigenvalue weighted by molar-refractivity contribution is 0.0699. The van der Waals surface area contributed by atoms with Crippen LogP contribution < -0.4 is 5.73 Å². The molecule has 0 saturated carbocycles. The number of carboxylic acids is 1. The zero-order chi connectivity index (χ0) is 13.6. The van der Waals surface area contributed by atoms with E-state index in [-0.39, 0.29) is 5.56 Å². The van der Waals surface area contributed by atoms with Gasteiger partial charge < -0.3 is 10.8 Å². The Morgan fingerprint density at radius 1 is 1.32 bits per heavy atom. The predicted molar refractivity (Wildman–Crippen MR) is 77.9 cm³/mol. The molecule has 0 amide bonds. The number of aromatic carboxylic acids is 1. The van der Waals surface area contributed by atoms with E-state index in [2.05, 4.69) is 12.1 Å². The molecule has 1 heterocycles. The van der Waals surface area contributed by atoms with Crippen LogP contribution in [0, 0.1) is 6.92 Å². The van der Waals surface area contributed by atoms with E-state index in [9.17, 15) is 9.90 Å². The molecule has 98 valence electrons. The van der Waals surface area contributed by atoms with Crippen molar-refractivity contribution in [1.29, 1.82) is 0 Å². The first-order chi connectivity index (χ1) is 9.08. The second-order valence-corrected chi connectivity index (χ2v) is 6.17. The van der Waals surface area contributed by atoms with E-state index in [1.807, 2.05) is 13.0 Å². The van der Waals surface area contributed by atoms with Crippen molar-refractivity contribution in [2.75, 3.05) is 5.73 Å². The van der Waals surface area contributed by atoms with Gasteiger partial charge in [-0.25, -0.2) is 4.79 Å². The van der Waals surface area contributed by atoms with Crippen LogP contribution in [0.25, 0.3) is 11.1 Å². The Kier molecular flexibility index (Phi) is 2.82. The summed E-state index contributed by atoms with van der Waals surface area (Å²) in [6.45, 7) is 1.93. The molecule has 0 atom stereocenters. The summed E-state index contributed by atoms with van der Waals surface area (Å²) in [4.78, 5) is 12.4. The molecule has 19 heavy (non-hydrogen) atoms. The molecule has 2 aromatic rings. The largest absolute Gasteiger partial charge is 0.478 e.